The molecule has 0 amide bonds. The maximum Gasteiger partial charge on any atom is 0.0735 e. The van der Waals surface area contributed by atoms with Gasteiger partial charge in [0.1, 0.15) is 0 Å². The molecule has 2 aliphatic carbocycles. The Labute approximate surface area is 329 Å². The molecule has 0 saturated carbocycles. The van der Waals surface area contributed by atoms with E-state index >= 15 is 0 Å². The number of anilines is 3. The van der Waals surface area contributed by atoms with Gasteiger partial charge in [-0.15, -0.1) is 11.3 Å². The van der Waals surface area contributed by atoms with Crippen molar-refractivity contribution in [3.63, 3.8) is 0 Å². The summed E-state index contributed by atoms with van der Waals surface area (Å²) in [6.45, 7) is 4.78. The lowest BCUT2D eigenvalue weighted by molar-refractivity contribution is 0.661. The van der Waals surface area contributed by atoms with Gasteiger partial charge in [0.2, 0.25) is 0 Å². The first-order valence-corrected chi connectivity index (χ1v) is 20.7. The Morgan fingerprint density at radius 3 is 1.76 bits per heavy atom. The van der Waals surface area contributed by atoms with Gasteiger partial charge in [0, 0.05) is 41.1 Å². The van der Waals surface area contributed by atoms with Gasteiger partial charge in [0.15, 0.2) is 0 Å². The van der Waals surface area contributed by atoms with Crippen LogP contribution in [0.2, 0.25) is 0 Å². The summed E-state index contributed by atoms with van der Waals surface area (Å²) in [6, 6.07) is 66.1. The lowest BCUT2D eigenvalue weighted by atomic mass is 9.67. The molecule has 0 saturated heterocycles. The standard InChI is InChI=1S/C52H35NS2/c1-51(2)38-21-8-6-18-33(38)35-20-14-26-44(50(35)51)53(32-16-4-3-5-17-32)43-25-15-29-47-49(43)37-30-36-34-19-7-9-22-39(34)52(42(36)31-48(37)55-47)40-23-10-12-27-45(40)54-46-28-13-11-24-41(46)52/h3-31H,1-2H3. The van der Waals surface area contributed by atoms with E-state index in [0.717, 1.165) is 5.69 Å². The number of hydrogen-bond acceptors (Lipinski definition) is 3. The van der Waals surface area contributed by atoms with Crippen molar-refractivity contribution in [3.05, 3.63) is 209 Å². The van der Waals surface area contributed by atoms with Crippen molar-refractivity contribution in [2.45, 2.75) is 34.5 Å². The van der Waals surface area contributed by atoms with Crippen molar-refractivity contribution in [3.8, 4) is 22.3 Å². The second kappa shape index (κ2) is 11.3. The van der Waals surface area contributed by atoms with Crippen molar-refractivity contribution < 1.29 is 0 Å². The Morgan fingerprint density at radius 1 is 0.436 bits per heavy atom. The molecule has 1 spiro atoms. The van der Waals surface area contributed by atoms with Crippen LogP contribution >= 0.6 is 23.1 Å². The molecule has 9 aromatic rings. The smallest absolute Gasteiger partial charge is 0.0735 e. The summed E-state index contributed by atoms with van der Waals surface area (Å²) in [5.74, 6) is 0. The molecule has 2 heterocycles. The number of fused-ring (bicyclic) bond motifs is 15. The van der Waals surface area contributed by atoms with Crippen LogP contribution in [0.1, 0.15) is 47.2 Å². The summed E-state index contributed by atoms with van der Waals surface area (Å²) >= 11 is 3.82. The quantitative estimate of drug-likeness (QED) is 0.178. The van der Waals surface area contributed by atoms with E-state index in [1.54, 1.807) is 0 Å². The topological polar surface area (TPSA) is 3.24 Å². The Hall–Kier alpha value is -5.87. The monoisotopic (exact) mass is 737 g/mol. The van der Waals surface area contributed by atoms with Crippen molar-refractivity contribution >= 4 is 60.3 Å². The molecular weight excluding hydrogens is 703 g/mol. The van der Waals surface area contributed by atoms with Crippen LogP contribution in [0, 0.1) is 0 Å². The predicted molar refractivity (Wildman–Crippen MR) is 233 cm³/mol. The van der Waals surface area contributed by atoms with E-state index in [0.29, 0.717) is 0 Å². The van der Waals surface area contributed by atoms with Crippen LogP contribution in [-0.4, -0.2) is 0 Å². The molecule has 1 aromatic heterocycles. The minimum atomic E-state index is -0.390. The Kier molecular flexibility index (Phi) is 6.49. The second-order valence-electron chi connectivity index (χ2n) is 15.6. The van der Waals surface area contributed by atoms with Crippen LogP contribution in [0.15, 0.2) is 186 Å². The zero-order chi connectivity index (χ0) is 36.5. The first-order valence-electron chi connectivity index (χ1n) is 19.1. The van der Waals surface area contributed by atoms with Crippen molar-refractivity contribution in [2.24, 2.45) is 0 Å². The van der Waals surface area contributed by atoms with Gasteiger partial charge in [-0.3, -0.25) is 0 Å². The minimum absolute atomic E-state index is 0.163. The van der Waals surface area contributed by atoms with Crippen LogP contribution in [0.3, 0.4) is 0 Å². The van der Waals surface area contributed by atoms with E-state index in [1.165, 1.54) is 97.0 Å². The van der Waals surface area contributed by atoms with Crippen LogP contribution in [0.4, 0.5) is 17.1 Å². The van der Waals surface area contributed by atoms with E-state index in [-0.39, 0.29) is 5.41 Å². The van der Waals surface area contributed by atoms with Gasteiger partial charge in [-0.05, 0) is 110 Å². The second-order valence-corrected chi connectivity index (χ2v) is 17.7. The molecule has 0 atom stereocenters. The highest BCUT2D eigenvalue weighted by Gasteiger charge is 2.50. The molecule has 1 aliphatic heterocycles. The molecule has 8 aromatic carbocycles. The Balaban J connectivity index is 1.16. The zero-order valence-corrected chi connectivity index (χ0v) is 32.1. The predicted octanol–water partition coefficient (Wildman–Crippen LogP) is 14.7. The number of para-hydroxylation sites is 1. The minimum Gasteiger partial charge on any atom is -0.309 e. The molecule has 0 bridgehead atoms. The fourth-order valence-electron chi connectivity index (χ4n) is 10.3. The highest BCUT2D eigenvalue weighted by molar-refractivity contribution is 7.99. The van der Waals surface area contributed by atoms with Gasteiger partial charge < -0.3 is 4.90 Å². The molecule has 0 radical (unpaired) electrons. The SMILES string of the molecule is CC1(C)c2ccccc2-c2cccc(N(c3ccccc3)c3cccc4sc5cc6c(cc5c34)-c3ccccc3C63c4ccccc4Sc4ccccc43)c21. The average Bonchev–Trinajstić information content (AvgIpc) is 3.82. The summed E-state index contributed by atoms with van der Waals surface area (Å²) in [4.78, 5) is 5.21. The fraction of sp³-hybridized carbons (Fsp3) is 0.0769. The Morgan fingerprint density at radius 2 is 1.02 bits per heavy atom. The summed E-state index contributed by atoms with van der Waals surface area (Å²) in [5.41, 5.74) is 16.6. The summed E-state index contributed by atoms with van der Waals surface area (Å²) in [7, 11) is 0. The van der Waals surface area contributed by atoms with Crippen molar-refractivity contribution in [1.82, 2.24) is 0 Å². The summed E-state index contributed by atoms with van der Waals surface area (Å²) < 4.78 is 2.62. The van der Waals surface area contributed by atoms with Gasteiger partial charge in [-0.2, -0.15) is 0 Å². The van der Waals surface area contributed by atoms with E-state index in [2.05, 4.69) is 195 Å². The van der Waals surface area contributed by atoms with E-state index < -0.39 is 5.41 Å². The van der Waals surface area contributed by atoms with Gasteiger partial charge in [-0.1, -0.05) is 147 Å². The molecule has 0 fully saturated rings. The van der Waals surface area contributed by atoms with Gasteiger partial charge in [0.25, 0.3) is 0 Å². The first kappa shape index (κ1) is 31.5. The fourth-order valence-corrected chi connectivity index (χ4v) is 12.7. The normalized spacial score (nSPS) is 14.9. The third kappa shape index (κ3) is 4.10. The van der Waals surface area contributed by atoms with Gasteiger partial charge >= 0.3 is 0 Å². The maximum absolute atomic E-state index is 2.55. The molecular formula is C52H35NS2. The number of benzene rings is 8. The summed E-state index contributed by atoms with van der Waals surface area (Å²) in [6.07, 6.45) is 0. The zero-order valence-electron chi connectivity index (χ0n) is 30.5. The van der Waals surface area contributed by atoms with E-state index in [1.807, 2.05) is 23.1 Å². The molecule has 3 aliphatic rings. The molecule has 12 rings (SSSR count). The first-order chi connectivity index (χ1) is 27.0. The third-order valence-corrected chi connectivity index (χ3v) is 14.8. The highest BCUT2D eigenvalue weighted by atomic mass is 32.2. The average molecular weight is 738 g/mol. The Bertz CT molecular complexity index is 3010. The molecule has 0 N–H and O–H groups in total. The van der Waals surface area contributed by atoms with Crippen molar-refractivity contribution in [1.29, 1.82) is 0 Å². The third-order valence-electron chi connectivity index (χ3n) is 12.5. The van der Waals surface area contributed by atoms with Crippen LogP contribution in [0.5, 0.6) is 0 Å². The van der Waals surface area contributed by atoms with Crippen molar-refractivity contribution in [2.75, 3.05) is 4.90 Å². The number of rotatable bonds is 3. The van der Waals surface area contributed by atoms with Gasteiger partial charge in [-0.25, -0.2) is 0 Å². The number of nitrogens with zero attached hydrogens (tertiary/aromatic N) is 1. The molecule has 55 heavy (non-hydrogen) atoms. The molecule has 260 valence electrons. The summed E-state index contributed by atoms with van der Waals surface area (Å²) in [5, 5.41) is 2.61. The lowest BCUT2D eigenvalue weighted by Gasteiger charge is -2.39. The molecule has 0 unspecified atom stereocenters. The lowest BCUT2D eigenvalue weighted by Crippen LogP contribution is -2.31. The molecule has 1 nitrogen and oxygen atoms in total. The van der Waals surface area contributed by atoms with Gasteiger partial charge in [0.05, 0.1) is 16.8 Å². The van der Waals surface area contributed by atoms with E-state index in [9.17, 15) is 0 Å². The van der Waals surface area contributed by atoms with Crippen LogP contribution < -0.4 is 4.90 Å². The highest BCUT2D eigenvalue weighted by Crippen LogP contribution is 2.63. The largest absolute Gasteiger partial charge is 0.309 e. The number of thiophene rings is 1. The van der Waals surface area contributed by atoms with Crippen LogP contribution in [0.25, 0.3) is 42.4 Å². The maximum atomic E-state index is 2.55. The number of hydrogen-bond donors (Lipinski definition) is 0. The van der Waals surface area contributed by atoms with Crippen LogP contribution in [-0.2, 0) is 10.8 Å². The molecule has 3 heteroatoms. The van der Waals surface area contributed by atoms with E-state index in [4.69, 9.17) is 0 Å².